The molecule has 0 spiro atoms. The molecule has 2 aromatic rings. The van der Waals surface area contributed by atoms with Crippen LogP contribution in [0.5, 0.6) is 0 Å². The van der Waals surface area contributed by atoms with Crippen LogP contribution >= 0.6 is 11.3 Å². The average Bonchev–Trinajstić information content (AvgIpc) is 2.75. The largest absolute Gasteiger partial charge is 0.280 e. The van der Waals surface area contributed by atoms with E-state index in [2.05, 4.69) is 25.1 Å². The Labute approximate surface area is 89.6 Å². The quantitative estimate of drug-likeness (QED) is 0.813. The van der Waals surface area contributed by atoms with Crippen LogP contribution in [-0.2, 0) is 10.0 Å². The van der Waals surface area contributed by atoms with Gasteiger partial charge in [0.15, 0.2) is 5.03 Å². The summed E-state index contributed by atoms with van der Waals surface area (Å²) >= 11 is 1.17. The van der Waals surface area contributed by atoms with Crippen molar-refractivity contribution >= 4 is 26.5 Å². The molecule has 9 heteroatoms. The molecular weight excluding hydrogens is 238 g/mol. The molecule has 15 heavy (non-hydrogen) atoms. The van der Waals surface area contributed by atoms with Gasteiger partial charge in [0.05, 0.1) is 6.20 Å². The highest BCUT2D eigenvalue weighted by Gasteiger charge is 2.17. The molecule has 80 valence electrons. The van der Waals surface area contributed by atoms with E-state index in [4.69, 9.17) is 0 Å². The molecule has 0 aliphatic rings. The Morgan fingerprint density at radius 1 is 1.47 bits per heavy atom. The minimum atomic E-state index is -3.62. The highest BCUT2D eigenvalue weighted by atomic mass is 32.2. The topological polar surface area (TPSA) is 101 Å². The molecule has 0 bridgehead atoms. The van der Waals surface area contributed by atoms with E-state index in [0.717, 1.165) is 0 Å². The van der Waals surface area contributed by atoms with Crippen LogP contribution in [0.4, 0.5) is 5.13 Å². The molecule has 0 aliphatic heterocycles. The second kappa shape index (κ2) is 3.59. The number of aromatic amines is 1. The third-order valence-electron chi connectivity index (χ3n) is 1.51. The van der Waals surface area contributed by atoms with E-state index in [1.807, 2.05) is 0 Å². The van der Waals surface area contributed by atoms with Gasteiger partial charge in [-0.3, -0.25) is 9.82 Å². The zero-order valence-electron chi connectivity index (χ0n) is 7.63. The summed E-state index contributed by atoms with van der Waals surface area (Å²) in [4.78, 5) is 0. The van der Waals surface area contributed by atoms with Gasteiger partial charge < -0.3 is 0 Å². The monoisotopic (exact) mass is 245 g/mol. The van der Waals surface area contributed by atoms with Crippen molar-refractivity contribution in [1.82, 2.24) is 20.4 Å². The van der Waals surface area contributed by atoms with Gasteiger partial charge in [-0.25, -0.2) is 0 Å². The van der Waals surface area contributed by atoms with Crippen molar-refractivity contribution < 1.29 is 8.42 Å². The lowest BCUT2D eigenvalue weighted by Crippen LogP contribution is -2.13. The molecule has 2 rings (SSSR count). The molecule has 0 saturated heterocycles. The zero-order chi connectivity index (χ0) is 10.9. The molecule has 7 nitrogen and oxygen atoms in total. The minimum absolute atomic E-state index is 0.00430. The molecule has 0 atom stereocenters. The lowest BCUT2D eigenvalue weighted by Gasteiger charge is -2.00. The van der Waals surface area contributed by atoms with Crippen LogP contribution in [0.25, 0.3) is 0 Å². The number of sulfonamides is 1. The first-order chi connectivity index (χ1) is 7.08. The van der Waals surface area contributed by atoms with E-state index < -0.39 is 10.0 Å². The maximum Gasteiger partial charge on any atom is 0.280 e. The number of aromatic nitrogens is 4. The SMILES string of the molecule is Cc1nnc(NS(=O)(=O)c2ccn[nH]2)s1. The van der Waals surface area contributed by atoms with Gasteiger partial charge in [0.2, 0.25) is 5.13 Å². The first-order valence-electron chi connectivity index (χ1n) is 3.90. The third kappa shape index (κ3) is 2.13. The van der Waals surface area contributed by atoms with Crippen LogP contribution in [0.2, 0.25) is 0 Å². The van der Waals surface area contributed by atoms with Gasteiger partial charge in [0, 0.05) is 0 Å². The fourth-order valence-corrected chi connectivity index (χ4v) is 2.63. The first kappa shape index (κ1) is 10.1. The fraction of sp³-hybridized carbons (Fsp3) is 0.167. The second-order valence-electron chi connectivity index (χ2n) is 2.65. The van der Waals surface area contributed by atoms with Gasteiger partial charge >= 0.3 is 0 Å². The lowest BCUT2D eigenvalue weighted by atomic mass is 10.8. The summed E-state index contributed by atoms with van der Waals surface area (Å²) in [7, 11) is -3.62. The number of nitrogens with zero attached hydrogens (tertiary/aromatic N) is 3. The summed E-state index contributed by atoms with van der Waals surface area (Å²) in [6.45, 7) is 1.74. The Bertz CT molecular complexity index is 544. The number of nitrogens with one attached hydrogen (secondary N) is 2. The number of hydrogen-bond donors (Lipinski definition) is 2. The van der Waals surface area contributed by atoms with Crippen molar-refractivity contribution in [1.29, 1.82) is 0 Å². The number of aryl methyl sites for hydroxylation is 1. The Balaban J connectivity index is 2.26. The molecule has 0 radical (unpaired) electrons. The molecule has 2 heterocycles. The average molecular weight is 245 g/mol. The number of rotatable bonds is 3. The van der Waals surface area contributed by atoms with Crippen molar-refractivity contribution in [2.45, 2.75) is 11.9 Å². The van der Waals surface area contributed by atoms with Gasteiger partial charge in [-0.15, -0.1) is 10.2 Å². The molecule has 0 amide bonds. The van der Waals surface area contributed by atoms with Crippen LogP contribution < -0.4 is 4.72 Å². The van der Waals surface area contributed by atoms with Crippen LogP contribution in [0, 0.1) is 6.92 Å². The number of anilines is 1. The van der Waals surface area contributed by atoms with Crippen LogP contribution in [-0.4, -0.2) is 28.8 Å². The van der Waals surface area contributed by atoms with Gasteiger partial charge in [-0.05, 0) is 13.0 Å². The number of hydrogen-bond acceptors (Lipinski definition) is 6. The van der Waals surface area contributed by atoms with Crippen LogP contribution in [0.1, 0.15) is 5.01 Å². The van der Waals surface area contributed by atoms with Crippen molar-refractivity contribution in [3.8, 4) is 0 Å². The zero-order valence-corrected chi connectivity index (χ0v) is 9.26. The van der Waals surface area contributed by atoms with E-state index in [0.29, 0.717) is 5.01 Å². The smallest absolute Gasteiger partial charge is 0.266 e. The number of H-pyrrole nitrogens is 1. The molecular formula is C6H7N5O2S2. The molecule has 2 aromatic heterocycles. The van der Waals surface area contributed by atoms with E-state index >= 15 is 0 Å². The maximum atomic E-state index is 11.6. The summed E-state index contributed by atoms with van der Waals surface area (Å²) < 4.78 is 25.5. The van der Waals surface area contributed by atoms with E-state index in [-0.39, 0.29) is 10.2 Å². The van der Waals surface area contributed by atoms with Crippen molar-refractivity contribution in [3.63, 3.8) is 0 Å². The summed E-state index contributed by atoms with van der Waals surface area (Å²) in [5.41, 5.74) is 0. The molecule has 0 aliphatic carbocycles. The predicted octanol–water partition coefficient (Wildman–Crippen LogP) is 0.370. The van der Waals surface area contributed by atoms with Crippen molar-refractivity contribution in [2.24, 2.45) is 0 Å². The summed E-state index contributed by atoms with van der Waals surface area (Å²) in [5.74, 6) is 0. The third-order valence-corrected chi connectivity index (χ3v) is 3.66. The Hall–Kier alpha value is -1.48. The van der Waals surface area contributed by atoms with Gasteiger partial charge in [0.1, 0.15) is 5.01 Å². The highest BCUT2D eigenvalue weighted by Crippen LogP contribution is 2.17. The predicted molar refractivity (Wildman–Crippen MR) is 54.0 cm³/mol. The molecule has 0 fully saturated rings. The minimum Gasteiger partial charge on any atom is -0.266 e. The molecule has 0 saturated carbocycles. The van der Waals surface area contributed by atoms with Crippen LogP contribution in [0.15, 0.2) is 17.3 Å². The van der Waals surface area contributed by atoms with E-state index in [1.165, 1.54) is 23.6 Å². The highest BCUT2D eigenvalue weighted by molar-refractivity contribution is 7.92. The Kier molecular flexibility index (Phi) is 2.40. The Morgan fingerprint density at radius 2 is 2.27 bits per heavy atom. The fourth-order valence-electron chi connectivity index (χ4n) is 0.901. The maximum absolute atomic E-state index is 11.6. The molecule has 0 aromatic carbocycles. The first-order valence-corrected chi connectivity index (χ1v) is 6.20. The standard InChI is InChI=1S/C6H7N5O2S2/c1-4-8-10-6(14-4)11-15(12,13)5-2-3-7-9-5/h2-3H,1H3,(H,7,9)(H,10,11). The van der Waals surface area contributed by atoms with Crippen molar-refractivity contribution in [2.75, 3.05) is 4.72 Å². The van der Waals surface area contributed by atoms with Gasteiger partial charge in [-0.1, -0.05) is 11.3 Å². The summed E-state index contributed by atoms with van der Waals surface area (Å²) in [6, 6.07) is 1.36. The molecule has 2 N–H and O–H groups in total. The van der Waals surface area contributed by atoms with Gasteiger partial charge in [-0.2, -0.15) is 13.5 Å². The van der Waals surface area contributed by atoms with Gasteiger partial charge in [0.25, 0.3) is 10.0 Å². The van der Waals surface area contributed by atoms with Crippen LogP contribution in [0.3, 0.4) is 0 Å². The van der Waals surface area contributed by atoms with Crippen molar-refractivity contribution in [3.05, 3.63) is 17.3 Å². The second-order valence-corrected chi connectivity index (χ2v) is 5.49. The molecule has 0 unspecified atom stereocenters. The Morgan fingerprint density at radius 3 is 2.80 bits per heavy atom. The summed E-state index contributed by atoms with van der Waals surface area (Å²) in [5, 5.41) is 14.2. The normalized spacial score (nSPS) is 11.5. The van der Waals surface area contributed by atoms with E-state index in [9.17, 15) is 8.42 Å². The lowest BCUT2D eigenvalue weighted by molar-refractivity contribution is 0.597. The van der Waals surface area contributed by atoms with E-state index in [1.54, 1.807) is 6.92 Å². The summed E-state index contributed by atoms with van der Waals surface area (Å²) in [6.07, 6.45) is 1.36.